The third kappa shape index (κ3) is 6.09. The molecule has 2 rings (SSSR count). The summed E-state index contributed by atoms with van der Waals surface area (Å²) in [6.45, 7) is 6.51. The number of benzene rings is 1. The maximum absolute atomic E-state index is 12.8. The molecular weight excluding hydrogens is 333 g/mol. The molecule has 0 unspecified atom stereocenters. The van der Waals surface area contributed by atoms with Gasteiger partial charge in [-0.05, 0) is 44.2 Å². The maximum Gasteiger partial charge on any atom is 0.317 e. The highest BCUT2D eigenvalue weighted by Gasteiger charge is 2.20. The van der Waals surface area contributed by atoms with Gasteiger partial charge in [-0.3, -0.25) is 9.69 Å². The zero-order valence-electron chi connectivity index (χ0n) is 14.0. The number of carbonyl (C=O) groups is 2. The normalized spacial score (nSPS) is 14.8. The number of nitrogens with one attached hydrogen (secondary N) is 1. The number of halogens is 2. The van der Waals surface area contributed by atoms with Crippen molar-refractivity contribution in [1.29, 1.82) is 0 Å². The van der Waals surface area contributed by atoms with Crippen molar-refractivity contribution in [2.75, 3.05) is 39.3 Å². The number of ketones is 1. The molecular formula is C17H25ClFN3O2. The predicted molar refractivity (Wildman–Crippen MR) is 94.3 cm³/mol. The van der Waals surface area contributed by atoms with Crippen molar-refractivity contribution in [2.24, 2.45) is 0 Å². The molecule has 1 aromatic rings. The summed E-state index contributed by atoms with van der Waals surface area (Å²) >= 11 is 0. The number of nitrogens with zero attached hydrogens (tertiary/aromatic N) is 2. The van der Waals surface area contributed by atoms with Gasteiger partial charge >= 0.3 is 6.03 Å². The maximum atomic E-state index is 12.8. The Labute approximate surface area is 148 Å². The number of piperazine rings is 1. The quantitative estimate of drug-likeness (QED) is 0.796. The second-order valence-electron chi connectivity index (χ2n) is 5.70. The molecule has 1 saturated heterocycles. The SMILES string of the molecule is CCNC(=O)N1CCN(CCCC(=O)c2ccc(F)cc2)CC1.Cl. The molecule has 1 aliphatic rings. The van der Waals surface area contributed by atoms with Gasteiger partial charge in [0.2, 0.25) is 0 Å². The van der Waals surface area contributed by atoms with E-state index in [2.05, 4.69) is 10.2 Å². The molecule has 1 fully saturated rings. The number of urea groups is 1. The fraction of sp³-hybridized carbons (Fsp3) is 0.529. The van der Waals surface area contributed by atoms with Gasteiger partial charge in [0.25, 0.3) is 0 Å². The molecule has 2 amide bonds. The number of amides is 2. The minimum absolute atomic E-state index is 0. The van der Waals surface area contributed by atoms with Crippen LogP contribution in [0.2, 0.25) is 0 Å². The molecule has 0 atom stereocenters. The number of hydrogen-bond donors (Lipinski definition) is 1. The Balaban J connectivity index is 0.00000288. The van der Waals surface area contributed by atoms with Crippen molar-refractivity contribution >= 4 is 24.2 Å². The van der Waals surface area contributed by atoms with E-state index >= 15 is 0 Å². The molecule has 0 aliphatic carbocycles. The molecule has 1 heterocycles. The van der Waals surface area contributed by atoms with Gasteiger partial charge < -0.3 is 10.2 Å². The van der Waals surface area contributed by atoms with E-state index in [-0.39, 0.29) is 30.0 Å². The second kappa shape index (κ2) is 10.3. The van der Waals surface area contributed by atoms with Crippen LogP contribution in [0.25, 0.3) is 0 Å². The van der Waals surface area contributed by atoms with Crippen LogP contribution in [0.4, 0.5) is 9.18 Å². The van der Waals surface area contributed by atoms with Crippen LogP contribution in [0.15, 0.2) is 24.3 Å². The van der Waals surface area contributed by atoms with Gasteiger partial charge in [-0.1, -0.05) is 0 Å². The van der Waals surface area contributed by atoms with Gasteiger partial charge in [-0.2, -0.15) is 0 Å². The van der Waals surface area contributed by atoms with Crippen molar-refractivity contribution in [3.63, 3.8) is 0 Å². The first-order valence-electron chi connectivity index (χ1n) is 8.14. The summed E-state index contributed by atoms with van der Waals surface area (Å²) in [5.41, 5.74) is 0.562. The van der Waals surface area contributed by atoms with E-state index in [1.54, 1.807) is 0 Å². The van der Waals surface area contributed by atoms with E-state index in [1.807, 2.05) is 11.8 Å². The Hall–Kier alpha value is -1.66. The molecule has 0 radical (unpaired) electrons. The van der Waals surface area contributed by atoms with Crippen molar-refractivity contribution in [3.8, 4) is 0 Å². The monoisotopic (exact) mass is 357 g/mol. The van der Waals surface area contributed by atoms with E-state index in [0.29, 0.717) is 18.5 Å². The van der Waals surface area contributed by atoms with E-state index in [9.17, 15) is 14.0 Å². The van der Waals surface area contributed by atoms with E-state index in [4.69, 9.17) is 0 Å². The summed E-state index contributed by atoms with van der Waals surface area (Å²) in [7, 11) is 0. The van der Waals surface area contributed by atoms with Gasteiger partial charge in [0, 0.05) is 44.7 Å². The van der Waals surface area contributed by atoms with Gasteiger partial charge in [-0.15, -0.1) is 12.4 Å². The molecule has 1 N–H and O–H groups in total. The lowest BCUT2D eigenvalue weighted by atomic mass is 10.1. The van der Waals surface area contributed by atoms with Gasteiger partial charge in [-0.25, -0.2) is 9.18 Å². The molecule has 0 aromatic heterocycles. The highest BCUT2D eigenvalue weighted by Crippen LogP contribution is 2.09. The standard InChI is InChI=1S/C17H24FN3O2.ClH/c1-2-19-17(23)21-12-10-20(11-13-21)9-3-4-16(22)14-5-7-15(18)8-6-14;/h5-8H,2-4,9-13H2,1H3,(H,19,23);1H. The molecule has 7 heteroatoms. The number of carbonyl (C=O) groups excluding carboxylic acids is 2. The van der Waals surface area contributed by atoms with Gasteiger partial charge in [0.15, 0.2) is 5.78 Å². The zero-order valence-corrected chi connectivity index (χ0v) is 14.8. The number of rotatable bonds is 6. The highest BCUT2D eigenvalue weighted by atomic mass is 35.5. The third-order valence-electron chi connectivity index (χ3n) is 4.03. The minimum Gasteiger partial charge on any atom is -0.338 e. The third-order valence-corrected chi connectivity index (χ3v) is 4.03. The fourth-order valence-corrected chi connectivity index (χ4v) is 2.68. The summed E-state index contributed by atoms with van der Waals surface area (Å²) in [6.07, 6.45) is 1.24. The van der Waals surface area contributed by atoms with Crippen LogP contribution >= 0.6 is 12.4 Å². The van der Waals surface area contributed by atoms with E-state index < -0.39 is 0 Å². The first-order chi connectivity index (χ1) is 11.1. The van der Waals surface area contributed by atoms with Crippen LogP contribution in [0.5, 0.6) is 0 Å². The van der Waals surface area contributed by atoms with Crippen LogP contribution in [0, 0.1) is 5.82 Å². The summed E-state index contributed by atoms with van der Waals surface area (Å²) in [4.78, 5) is 27.8. The number of hydrogen-bond acceptors (Lipinski definition) is 3. The molecule has 0 spiro atoms. The average Bonchev–Trinajstić information content (AvgIpc) is 2.56. The van der Waals surface area contributed by atoms with Crippen LogP contribution in [-0.2, 0) is 0 Å². The Morgan fingerprint density at radius 2 is 1.75 bits per heavy atom. The van der Waals surface area contributed by atoms with Crippen LogP contribution < -0.4 is 5.32 Å². The van der Waals surface area contributed by atoms with Crippen LogP contribution in [0.1, 0.15) is 30.1 Å². The lowest BCUT2D eigenvalue weighted by Gasteiger charge is -2.34. The van der Waals surface area contributed by atoms with Crippen molar-refractivity contribution < 1.29 is 14.0 Å². The second-order valence-corrected chi connectivity index (χ2v) is 5.70. The molecule has 134 valence electrons. The predicted octanol–water partition coefficient (Wildman–Crippen LogP) is 2.56. The molecule has 0 saturated carbocycles. The van der Waals surface area contributed by atoms with Crippen molar-refractivity contribution in [2.45, 2.75) is 19.8 Å². The Morgan fingerprint density at radius 1 is 1.12 bits per heavy atom. The summed E-state index contributed by atoms with van der Waals surface area (Å²) in [5.74, 6) is -0.280. The molecule has 5 nitrogen and oxygen atoms in total. The first kappa shape index (κ1) is 20.4. The Bertz CT molecular complexity index is 531. The zero-order chi connectivity index (χ0) is 16.7. The molecule has 0 bridgehead atoms. The minimum atomic E-state index is -0.327. The number of Topliss-reactive ketones (excluding diaryl/α,β-unsaturated/α-hetero) is 1. The Morgan fingerprint density at radius 3 is 2.33 bits per heavy atom. The van der Waals surface area contributed by atoms with Crippen molar-refractivity contribution in [3.05, 3.63) is 35.6 Å². The molecule has 1 aliphatic heterocycles. The average molecular weight is 358 g/mol. The largest absolute Gasteiger partial charge is 0.338 e. The van der Waals surface area contributed by atoms with Crippen LogP contribution in [0.3, 0.4) is 0 Å². The summed E-state index contributed by atoms with van der Waals surface area (Å²) < 4.78 is 12.8. The molecule has 24 heavy (non-hydrogen) atoms. The Kier molecular flexibility index (Phi) is 8.71. The lowest BCUT2D eigenvalue weighted by molar-refractivity contribution is 0.0968. The van der Waals surface area contributed by atoms with Crippen molar-refractivity contribution in [1.82, 2.24) is 15.1 Å². The highest BCUT2D eigenvalue weighted by molar-refractivity contribution is 5.95. The van der Waals surface area contributed by atoms with E-state index in [1.165, 1.54) is 24.3 Å². The molecule has 1 aromatic carbocycles. The summed E-state index contributed by atoms with van der Waals surface area (Å²) in [5, 5.41) is 2.81. The fourth-order valence-electron chi connectivity index (χ4n) is 2.68. The smallest absolute Gasteiger partial charge is 0.317 e. The van der Waals surface area contributed by atoms with E-state index in [0.717, 1.165) is 39.1 Å². The van der Waals surface area contributed by atoms with Gasteiger partial charge in [0.05, 0.1) is 0 Å². The lowest BCUT2D eigenvalue weighted by Crippen LogP contribution is -2.51. The topological polar surface area (TPSA) is 52.7 Å². The van der Waals surface area contributed by atoms with Crippen LogP contribution in [-0.4, -0.2) is 60.9 Å². The summed E-state index contributed by atoms with van der Waals surface area (Å²) in [6, 6.07) is 5.69. The first-order valence-corrected chi connectivity index (χ1v) is 8.14. The van der Waals surface area contributed by atoms with Gasteiger partial charge in [0.1, 0.15) is 5.82 Å².